The van der Waals surface area contributed by atoms with E-state index in [1.54, 1.807) is 4.90 Å². The topological polar surface area (TPSA) is 50.5 Å². The number of fused-ring (bicyclic) bond motifs is 1. The highest BCUT2D eigenvalue weighted by molar-refractivity contribution is 5.95. The van der Waals surface area contributed by atoms with Crippen molar-refractivity contribution in [1.82, 2.24) is 4.90 Å². The lowest BCUT2D eigenvalue weighted by molar-refractivity contribution is 0.0587. The van der Waals surface area contributed by atoms with E-state index < -0.39 is 11.4 Å². The number of hydrogen-bond acceptors (Lipinski definition) is 3. The molecule has 0 radical (unpaired) electrons. The number of benzene rings is 1. The van der Waals surface area contributed by atoms with Crippen molar-refractivity contribution in [3.05, 3.63) is 46.3 Å². The molecule has 1 saturated heterocycles. The van der Waals surface area contributed by atoms with E-state index in [-0.39, 0.29) is 17.1 Å². The highest BCUT2D eigenvalue weighted by Crippen LogP contribution is 2.23. The smallest absolute Gasteiger partial charge is 0.344 e. The fourth-order valence-corrected chi connectivity index (χ4v) is 3.25. The van der Waals surface area contributed by atoms with Crippen molar-refractivity contribution in [2.45, 2.75) is 20.3 Å². The van der Waals surface area contributed by atoms with Crippen molar-refractivity contribution in [1.29, 1.82) is 0 Å². The molecule has 0 spiro atoms. The normalized spacial score (nSPS) is 22.0. The molecule has 4 nitrogen and oxygen atoms in total. The highest BCUT2D eigenvalue weighted by atomic mass is 19.1. The molecular weight excluding hydrogens is 285 g/mol. The lowest BCUT2D eigenvalue weighted by atomic mass is 9.92. The van der Waals surface area contributed by atoms with Crippen LogP contribution in [0.25, 0.3) is 10.8 Å². The third-order valence-corrected chi connectivity index (χ3v) is 4.09. The van der Waals surface area contributed by atoms with Gasteiger partial charge in [0.05, 0.1) is 5.39 Å². The number of carbonyl (C=O) groups is 1. The van der Waals surface area contributed by atoms with Crippen LogP contribution in [0.2, 0.25) is 0 Å². The minimum atomic E-state index is -0.612. The van der Waals surface area contributed by atoms with Gasteiger partial charge in [-0.15, -0.1) is 0 Å². The van der Waals surface area contributed by atoms with Gasteiger partial charge in [-0.2, -0.15) is 0 Å². The minimum absolute atomic E-state index is 0.0237. The van der Waals surface area contributed by atoms with Crippen molar-refractivity contribution in [2.24, 2.45) is 11.8 Å². The van der Waals surface area contributed by atoms with E-state index in [1.165, 1.54) is 24.3 Å². The maximum atomic E-state index is 13.3. The largest absolute Gasteiger partial charge is 0.417 e. The number of piperidine rings is 1. The Kier molecular flexibility index (Phi) is 3.72. The lowest BCUT2D eigenvalue weighted by Gasteiger charge is -2.34. The Morgan fingerprint density at radius 1 is 1.23 bits per heavy atom. The summed E-state index contributed by atoms with van der Waals surface area (Å²) < 4.78 is 18.5. The van der Waals surface area contributed by atoms with E-state index in [2.05, 4.69) is 13.8 Å². The molecule has 1 aromatic heterocycles. The molecule has 0 aliphatic carbocycles. The van der Waals surface area contributed by atoms with Gasteiger partial charge in [-0.1, -0.05) is 13.8 Å². The fourth-order valence-electron chi connectivity index (χ4n) is 3.25. The SMILES string of the molecule is CC1CC(C)CN(C(=O)c2cc3cc(F)ccc3c(=O)o2)C1. The first-order valence-electron chi connectivity index (χ1n) is 7.46. The van der Waals surface area contributed by atoms with Crippen LogP contribution in [0.15, 0.2) is 33.5 Å². The van der Waals surface area contributed by atoms with E-state index in [4.69, 9.17) is 4.42 Å². The summed E-state index contributed by atoms with van der Waals surface area (Å²) in [6.45, 7) is 5.49. The van der Waals surface area contributed by atoms with Gasteiger partial charge in [-0.05, 0) is 47.9 Å². The van der Waals surface area contributed by atoms with Crippen LogP contribution in [0.5, 0.6) is 0 Å². The van der Waals surface area contributed by atoms with Gasteiger partial charge >= 0.3 is 5.63 Å². The third-order valence-electron chi connectivity index (χ3n) is 4.09. The Morgan fingerprint density at radius 3 is 2.59 bits per heavy atom. The molecule has 22 heavy (non-hydrogen) atoms. The Hall–Kier alpha value is -2.17. The van der Waals surface area contributed by atoms with Crippen LogP contribution >= 0.6 is 0 Å². The van der Waals surface area contributed by atoms with E-state index in [0.29, 0.717) is 30.3 Å². The Bertz CT molecular complexity index is 773. The summed E-state index contributed by atoms with van der Waals surface area (Å²) in [4.78, 5) is 26.2. The molecular formula is C17H18FNO3. The zero-order valence-electron chi connectivity index (χ0n) is 12.6. The first kappa shape index (κ1) is 14.8. The van der Waals surface area contributed by atoms with Crippen molar-refractivity contribution in [3.8, 4) is 0 Å². The minimum Gasteiger partial charge on any atom is -0.417 e. The molecule has 2 atom stereocenters. The van der Waals surface area contributed by atoms with Crippen LogP contribution in [-0.4, -0.2) is 23.9 Å². The molecule has 1 amide bonds. The van der Waals surface area contributed by atoms with Gasteiger partial charge < -0.3 is 9.32 Å². The number of halogens is 1. The third kappa shape index (κ3) is 2.75. The summed E-state index contributed by atoms with van der Waals surface area (Å²) in [6.07, 6.45) is 1.08. The van der Waals surface area contributed by atoms with Gasteiger partial charge in [0.25, 0.3) is 5.91 Å². The number of likely N-dealkylation sites (tertiary alicyclic amines) is 1. The molecule has 2 aromatic rings. The zero-order valence-corrected chi connectivity index (χ0v) is 12.6. The lowest BCUT2D eigenvalue weighted by Crippen LogP contribution is -2.42. The molecule has 5 heteroatoms. The van der Waals surface area contributed by atoms with Crippen LogP contribution in [0.1, 0.15) is 30.8 Å². The highest BCUT2D eigenvalue weighted by Gasteiger charge is 2.27. The van der Waals surface area contributed by atoms with Gasteiger partial charge in [0, 0.05) is 13.1 Å². The summed E-state index contributed by atoms with van der Waals surface area (Å²) in [7, 11) is 0. The standard InChI is InChI=1S/C17H18FNO3/c1-10-5-11(2)9-19(8-10)16(20)15-7-12-6-13(18)3-4-14(12)17(21)22-15/h3-4,6-7,10-11H,5,8-9H2,1-2H3. The van der Waals surface area contributed by atoms with Gasteiger partial charge in [-0.3, -0.25) is 4.79 Å². The second-order valence-electron chi connectivity index (χ2n) is 6.29. The number of rotatable bonds is 1. The summed E-state index contributed by atoms with van der Waals surface area (Å²) in [5.74, 6) is 0.0532. The fraction of sp³-hybridized carbons (Fsp3) is 0.412. The predicted octanol–water partition coefficient (Wildman–Crippen LogP) is 3.05. The maximum absolute atomic E-state index is 13.3. The summed E-state index contributed by atoms with van der Waals surface area (Å²) in [5.41, 5.74) is -0.612. The monoisotopic (exact) mass is 303 g/mol. The number of nitrogens with zero attached hydrogens (tertiary/aromatic N) is 1. The summed E-state index contributed by atoms with van der Waals surface area (Å²) in [5, 5.41) is 0.663. The van der Waals surface area contributed by atoms with Gasteiger partial charge in [-0.25, -0.2) is 9.18 Å². The first-order chi connectivity index (χ1) is 10.4. The molecule has 116 valence electrons. The second kappa shape index (κ2) is 5.55. The quantitative estimate of drug-likeness (QED) is 0.813. The van der Waals surface area contributed by atoms with E-state index in [9.17, 15) is 14.0 Å². The maximum Gasteiger partial charge on any atom is 0.344 e. The predicted molar refractivity (Wildman–Crippen MR) is 81.3 cm³/mol. The van der Waals surface area contributed by atoms with Crippen LogP contribution in [0, 0.1) is 17.7 Å². The van der Waals surface area contributed by atoms with Crippen LogP contribution in [0.3, 0.4) is 0 Å². The Labute approximate surface area is 127 Å². The molecule has 1 fully saturated rings. The van der Waals surface area contributed by atoms with Crippen LogP contribution in [0.4, 0.5) is 4.39 Å². The zero-order chi connectivity index (χ0) is 15.9. The Morgan fingerprint density at radius 2 is 1.91 bits per heavy atom. The van der Waals surface area contributed by atoms with Crippen molar-refractivity contribution in [3.63, 3.8) is 0 Å². The number of carbonyl (C=O) groups excluding carboxylic acids is 1. The van der Waals surface area contributed by atoms with E-state index in [1.807, 2.05) is 0 Å². The van der Waals surface area contributed by atoms with Gasteiger partial charge in [0.15, 0.2) is 5.76 Å². The van der Waals surface area contributed by atoms with E-state index >= 15 is 0 Å². The molecule has 1 aliphatic heterocycles. The van der Waals surface area contributed by atoms with Gasteiger partial charge in [0.1, 0.15) is 5.82 Å². The van der Waals surface area contributed by atoms with Crippen molar-refractivity contribution < 1.29 is 13.6 Å². The Balaban J connectivity index is 1.99. The second-order valence-corrected chi connectivity index (χ2v) is 6.29. The average molecular weight is 303 g/mol. The van der Waals surface area contributed by atoms with E-state index in [0.717, 1.165) is 6.42 Å². The molecule has 1 aliphatic rings. The molecule has 3 rings (SSSR count). The molecule has 2 heterocycles. The summed E-state index contributed by atoms with van der Waals surface area (Å²) in [6, 6.07) is 5.26. The molecule has 0 bridgehead atoms. The van der Waals surface area contributed by atoms with Gasteiger partial charge in [0.2, 0.25) is 0 Å². The molecule has 0 saturated carbocycles. The van der Waals surface area contributed by atoms with Crippen LogP contribution < -0.4 is 5.63 Å². The van der Waals surface area contributed by atoms with Crippen molar-refractivity contribution in [2.75, 3.05) is 13.1 Å². The van der Waals surface area contributed by atoms with Crippen LogP contribution in [-0.2, 0) is 0 Å². The number of hydrogen-bond donors (Lipinski definition) is 0. The first-order valence-corrected chi connectivity index (χ1v) is 7.46. The molecule has 2 unspecified atom stereocenters. The summed E-state index contributed by atoms with van der Waals surface area (Å²) >= 11 is 0. The van der Waals surface area contributed by atoms with Crippen molar-refractivity contribution >= 4 is 16.7 Å². The molecule has 0 N–H and O–H groups in total. The molecule has 1 aromatic carbocycles. The number of amides is 1. The average Bonchev–Trinajstić information content (AvgIpc) is 2.44.